The van der Waals surface area contributed by atoms with Crippen LogP contribution in [0.3, 0.4) is 0 Å². The highest BCUT2D eigenvalue weighted by Crippen LogP contribution is 2.11. The molecule has 0 aromatic carbocycles. The highest BCUT2D eigenvalue weighted by molar-refractivity contribution is 7.09. The zero-order valence-electron chi connectivity index (χ0n) is 6.19. The summed E-state index contributed by atoms with van der Waals surface area (Å²) in [6, 6.07) is 0. The van der Waals surface area contributed by atoms with Gasteiger partial charge in [0, 0.05) is 16.3 Å². The van der Waals surface area contributed by atoms with E-state index in [2.05, 4.69) is 15.0 Å². The Labute approximate surface area is 68.5 Å². The molecule has 0 saturated carbocycles. The van der Waals surface area contributed by atoms with Gasteiger partial charge in [0.1, 0.15) is 0 Å². The van der Waals surface area contributed by atoms with Crippen LogP contribution >= 0.6 is 11.3 Å². The third-order valence-corrected chi connectivity index (χ3v) is 2.16. The number of thiazole rings is 1. The van der Waals surface area contributed by atoms with E-state index in [0.29, 0.717) is 6.54 Å². The van der Waals surface area contributed by atoms with Crippen molar-refractivity contribution in [2.75, 3.05) is 6.54 Å². The number of hydrogen-bond donors (Lipinski definition) is 0. The first-order valence-electron chi connectivity index (χ1n) is 3.24. The van der Waals surface area contributed by atoms with Gasteiger partial charge >= 0.3 is 0 Å². The van der Waals surface area contributed by atoms with Crippen molar-refractivity contribution in [3.8, 4) is 0 Å². The topological polar surface area (TPSA) is 61.7 Å². The lowest BCUT2D eigenvalue weighted by atomic mass is 10.3. The van der Waals surface area contributed by atoms with Crippen molar-refractivity contribution >= 4 is 11.3 Å². The average Bonchev–Trinajstić information content (AvgIpc) is 2.37. The van der Waals surface area contributed by atoms with Crippen LogP contribution in [0.25, 0.3) is 10.4 Å². The van der Waals surface area contributed by atoms with Gasteiger partial charge in [0.2, 0.25) is 0 Å². The van der Waals surface area contributed by atoms with Gasteiger partial charge in [-0.05, 0) is 18.9 Å². The summed E-state index contributed by atoms with van der Waals surface area (Å²) in [5.74, 6) is 0. The first-order chi connectivity index (χ1) is 5.34. The van der Waals surface area contributed by atoms with E-state index >= 15 is 0 Å². The molecule has 0 unspecified atom stereocenters. The molecule has 0 radical (unpaired) electrons. The molecule has 1 aromatic rings. The zero-order chi connectivity index (χ0) is 8.10. The summed E-state index contributed by atoms with van der Waals surface area (Å²) in [6.07, 6.45) is 0.749. The Balaban J connectivity index is 2.50. The minimum absolute atomic E-state index is 0.501. The minimum atomic E-state index is 0.501. The molecule has 0 fully saturated rings. The van der Waals surface area contributed by atoms with Crippen molar-refractivity contribution in [3.05, 3.63) is 26.5 Å². The summed E-state index contributed by atoms with van der Waals surface area (Å²) < 4.78 is 0. The normalized spacial score (nSPS) is 9.18. The van der Waals surface area contributed by atoms with Crippen LogP contribution < -0.4 is 0 Å². The highest BCUT2D eigenvalue weighted by Gasteiger charge is 1.98. The van der Waals surface area contributed by atoms with E-state index in [1.165, 1.54) is 4.88 Å². The Bertz CT molecular complexity index is 274. The summed E-state index contributed by atoms with van der Waals surface area (Å²) in [5.41, 5.74) is 10.9. The molecule has 0 spiro atoms. The zero-order valence-corrected chi connectivity index (χ0v) is 7.01. The van der Waals surface area contributed by atoms with Gasteiger partial charge in [-0.2, -0.15) is 0 Å². The predicted molar refractivity (Wildman–Crippen MR) is 44.6 cm³/mol. The molecule has 58 valence electrons. The van der Waals surface area contributed by atoms with Crippen molar-refractivity contribution in [1.82, 2.24) is 4.98 Å². The van der Waals surface area contributed by atoms with Gasteiger partial charge in [-0.15, -0.1) is 11.3 Å². The number of azide groups is 1. The van der Waals surface area contributed by atoms with Gasteiger partial charge in [0.15, 0.2) is 0 Å². The second-order valence-corrected chi connectivity index (χ2v) is 3.12. The van der Waals surface area contributed by atoms with E-state index in [1.807, 2.05) is 6.92 Å². The molecule has 5 heteroatoms. The fourth-order valence-corrected chi connectivity index (χ4v) is 1.40. The monoisotopic (exact) mass is 168 g/mol. The van der Waals surface area contributed by atoms with Crippen LogP contribution in [0.2, 0.25) is 0 Å². The van der Waals surface area contributed by atoms with Crippen molar-refractivity contribution in [2.24, 2.45) is 5.11 Å². The number of aromatic nitrogens is 1. The molecular weight excluding hydrogens is 160 g/mol. The van der Waals surface area contributed by atoms with Gasteiger partial charge in [-0.3, -0.25) is 0 Å². The fraction of sp³-hybridized carbons (Fsp3) is 0.500. The number of rotatable bonds is 3. The second kappa shape index (κ2) is 3.95. The molecular formula is C6H8N4S. The van der Waals surface area contributed by atoms with E-state index in [9.17, 15) is 0 Å². The molecule has 1 heterocycles. The van der Waals surface area contributed by atoms with E-state index in [-0.39, 0.29) is 0 Å². The Hall–Kier alpha value is -1.06. The van der Waals surface area contributed by atoms with Crippen molar-refractivity contribution in [3.63, 3.8) is 0 Å². The van der Waals surface area contributed by atoms with E-state index in [0.717, 1.165) is 12.1 Å². The Morgan fingerprint density at radius 3 is 3.18 bits per heavy atom. The van der Waals surface area contributed by atoms with E-state index in [1.54, 1.807) is 16.8 Å². The van der Waals surface area contributed by atoms with Crippen LogP contribution in [0, 0.1) is 6.92 Å². The van der Waals surface area contributed by atoms with Gasteiger partial charge in [0.25, 0.3) is 0 Å². The van der Waals surface area contributed by atoms with Crippen LogP contribution in [0.15, 0.2) is 10.6 Å². The summed E-state index contributed by atoms with van der Waals surface area (Å²) in [7, 11) is 0. The molecule has 4 nitrogen and oxygen atoms in total. The molecule has 0 saturated heterocycles. The van der Waals surface area contributed by atoms with E-state index in [4.69, 9.17) is 5.53 Å². The lowest BCUT2D eigenvalue weighted by Gasteiger charge is -1.90. The fourth-order valence-electron chi connectivity index (χ4n) is 0.769. The number of nitrogens with zero attached hydrogens (tertiary/aromatic N) is 4. The predicted octanol–water partition coefficient (Wildman–Crippen LogP) is 2.30. The Morgan fingerprint density at radius 1 is 1.82 bits per heavy atom. The standard InChI is InChI=1S/C6H8N4S/c1-5-6(8-4-11-5)2-3-9-10-7/h4H,2-3H2,1H3. The number of aryl methyl sites for hydroxylation is 1. The quantitative estimate of drug-likeness (QED) is 0.388. The first kappa shape index (κ1) is 8.04. The van der Waals surface area contributed by atoms with Crippen LogP contribution in [0.5, 0.6) is 0 Å². The smallest absolute Gasteiger partial charge is 0.0797 e. The molecule has 1 rings (SSSR count). The van der Waals surface area contributed by atoms with Gasteiger partial charge in [-0.1, -0.05) is 5.11 Å². The van der Waals surface area contributed by atoms with Crippen molar-refractivity contribution < 1.29 is 0 Å². The minimum Gasteiger partial charge on any atom is -0.249 e. The molecule has 0 bridgehead atoms. The SMILES string of the molecule is Cc1scnc1CCN=[N+]=[N-]. The van der Waals surface area contributed by atoms with Crippen molar-refractivity contribution in [2.45, 2.75) is 13.3 Å². The van der Waals surface area contributed by atoms with E-state index < -0.39 is 0 Å². The maximum Gasteiger partial charge on any atom is 0.0797 e. The first-order valence-corrected chi connectivity index (χ1v) is 4.12. The summed E-state index contributed by atoms with van der Waals surface area (Å²) >= 11 is 1.62. The lowest BCUT2D eigenvalue weighted by molar-refractivity contribution is 0.917. The molecule has 0 aliphatic rings. The summed E-state index contributed by atoms with van der Waals surface area (Å²) in [6.45, 7) is 2.52. The molecule has 0 aliphatic carbocycles. The molecule has 0 N–H and O–H groups in total. The molecule has 0 amide bonds. The Morgan fingerprint density at radius 2 is 2.64 bits per heavy atom. The van der Waals surface area contributed by atoms with Gasteiger partial charge in [-0.25, -0.2) is 4.98 Å². The van der Waals surface area contributed by atoms with Crippen LogP contribution in [-0.2, 0) is 6.42 Å². The molecule has 0 atom stereocenters. The third kappa shape index (κ3) is 2.22. The largest absolute Gasteiger partial charge is 0.249 e. The van der Waals surface area contributed by atoms with Crippen LogP contribution in [0.4, 0.5) is 0 Å². The average molecular weight is 168 g/mol. The molecule has 1 aromatic heterocycles. The van der Waals surface area contributed by atoms with Gasteiger partial charge < -0.3 is 0 Å². The maximum absolute atomic E-state index is 8.00. The number of hydrogen-bond acceptors (Lipinski definition) is 3. The highest BCUT2D eigenvalue weighted by atomic mass is 32.1. The summed E-state index contributed by atoms with van der Waals surface area (Å²) in [5, 5.41) is 3.43. The van der Waals surface area contributed by atoms with Crippen molar-refractivity contribution in [1.29, 1.82) is 0 Å². The Kier molecular flexibility index (Phi) is 2.89. The summed E-state index contributed by atoms with van der Waals surface area (Å²) in [4.78, 5) is 7.99. The molecule has 0 aliphatic heterocycles. The van der Waals surface area contributed by atoms with Crippen LogP contribution in [0.1, 0.15) is 10.6 Å². The lowest BCUT2D eigenvalue weighted by Crippen LogP contribution is -1.89. The maximum atomic E-state index is 8.00. The second-order valence-electron chi connectivity index (χ2n) is 2.06. The van der Waals surface area contributed by atoms with Gasteiger partial charge in [0.05, 0.1) is 11.2 Å². The van der Waals surface area contributed by atoms with Crippen LogP contribution in [-0.4, -0.2) is 11.5 Å². The third-order valence-electron chi connectivity index (χ3n) is 1.36. The molecule has 11 heavy (non-hydrogen) atoms.